The number of nitrogens with zero attached hydrogens (tertiary/aromatic N) is 1. The second-order valence-electron chi connectivity index (χ2n) is 4.50. The molecule has 1 N–H and O–H groups in total. The number of halogens is 2. The highest BCUT2D eigenvalue weighted by Crippen LogP contribution is 2.27. The van der Waals surface area contributed by atoms with Crippen LogP contribution < -0.4 is 10.2 Å². The number of carbonyl (C=O) groups excluding carboxylic acids is 2. The molecule has 2 rings (SSSR count). The van der Waals surface area contributed by atoms with Gasteiger partial charge in [-0.1, -0.05) is 29.3 Å². The molecule has 0 aliphatic heterocycles. The Balaban J connectivity index is 1.99. The van der Waals surface area contributed by atoms with Crippen molar-refractivity contribution in [3.63, 3.8) is 0 Å². The van der Waals surface area contributed by atoms with Crippen LogP contribution in [0.15, 0.2) is 35.7 Å². The normalized spacial score (nSPS) is 10.3. The van der Waals surface area contributed by atoms with Crippen LogP contribution in [0, 0.1) is 0 Å². The third-order valence-corrected chi connectivity index (χ3v) is 4.57. The third-order valence-electron chi connectivity index (χ3n) is 2.96. The maximum Gasteiger partial charge on any atom is 0.261 e. The van der Waals surface area contributed by atoms with Gasteiger partial charge in [0.2, 0.25) is 5.91 Å². The largest absolute Gasteiger partial charge is 0.350 e. The molecule has 2 aromatic rings. The lowest BCUT2D eigenvalue weighted by Crippen LogP contribution is -2.37. The first-order chi connectivity index (χ1) is 10.5. The highest BCUT2D eigenvalue weighted by Gasteiger charge is 2.13. The monoisotopic (exact) mass is 356 g/mol. The molecular weight excluding hydrogens is 343 g/mol. The lowest BCUT2D eigenvalue weighted by Gasteiger charge is -2.21. The standard InChI is InChI=1S/C15H14Cl2N2O2S/c1-10(20)19(11-4-5-12(16)13(17)9-11)7-6-18-15(21)14-3-2-8-22-14/h2-5,8-9H,6-7H2,1H3,(H,18,21). The summed E-state index contributed by atoms with van der Waals surface area (Å²) >= 11 is 13.2. The van der Waals surface area contributed by atoms with Crippen LogP contribution in [-0.2, 0) is 4.79 Å². The summed E-state index contributed by atoms with van der Waals surface area (Å²) in [6, 6.07) is 8.56. The van der Waals surface area contributed by atoms with Gasteiger partial charge < -0.3 is 10.2 Å². The van der Waals surface area contributed by atoms with Crippen LogP contribution in [0.4, 0.5) is 5.69 Å². The molecule has 0 atom stereocenters. The van der Waals surface area contributed by atoms with E-state index in [0.717, 1.165) is 0 Å². The van der Waals surface area contributed by atoms with E-state index in [1.165, 1.54) is 23.2 Å². The predicted octanol–water partition coefficient (Wildman–Crippen LogP) is 3.84. The fourth-order valence-electron chi connectivity index (χ4n) is 1.90. The molecule has 2 amide bonds. The third kappa shape index (κ3) is 4.22. The zero-order valence-electron chi connectivity index (χ0n) is 11.8. The average Bonchev–Trinajstić information content (AvgIpc) is 3.00. The summed E-state index contributed by atoms with van der Waals surface area (Å²) in [5.41, 5.74) is 0.646. The first-order valence-electron chi connectivity index (χ1n) is 6.54. The Morgan fingerprint density at radius 1 is 1.23 bits per heavy atom. The van der Waals surface area contributed by atoms with Gasteiger partial charge in [-0.3, -0.25) is 9.59 Å². The summed E-state index contributed by atoms with van der Waals surface area (Å²) < 4.78 is 0. The molecule has 0 spiro atoms. The zero-order valence-corrected chi connectivity index (χ0v) is 14.1. The van der Waals surface area contributed by atoms with Crippen molar-refractivity contribution >= 4 is 52.0 Å². The van der Waals surface area contributed by atoms with Gasteiger partial charge in [-0.05, 0) is 29.6 Å². The Hall–Kier alpha value is -1.56. The van der Waals surface area contributed by atoms with Gasteiger partial charge in [0, 0.05) is 25.7 Å². The number of thiophene rings is 1. The fourth-order valence-corrected chi connectivity index (χ4v) is 2.83. The predicted molar refractivity (Wildman–Crippen MR) is 91.1 cm³/mol. The molecule has 1 heterocycles. The number of nitrogens with one attached hydrogen (secondary N) is 1. The van der Waals surface area contributed by atoms with Crippen molar-refractivity contribution in [1.82, 2.24) is 5.32 Å². The van der Waals surface area contributed by atoms with E-state index in [0.29, 0.717) is 33.7 Å². The lowest BCUT2D eigenvalue weighted by molar-refractivity contribution is -0.116. The molecule has 1 aromatic carbocycles. The molecule has 22 heavy (non-hydrogen) atoms. The summed E-state index contributed by atoms with van der Waals surface area (Å²) in [6.07, 6.45) is 0. The van der Waals surface area contributed by atoms with Crippen LogP contribution >= 0.6 is 34.5 Å². The van der Waals surface area contributed by atoms with Crippen LogP contribution in [0.3, 0.4) is 0 Å². The van der Waals surface area contributed by atoms with Gasteiger partial charge in [0.05, 0.1) is 14.9 Å². The molecule has 0 saturated heterocycles. The van der Waals surface area contributed by atoms with Crippen LogP contribution in [0.1, 0.15) is 16.6 Å². The number of carbonyl (C=O) groups is 2. The van der Waals surface area contributed by atoms with Gasteiger partial charge in [0.1, 0.15) is 0 Å². The van der Waals surface area contributed by atoms with Gasteiger partial charge in [-0.25, -0.2) is 0 Å². The highest BCUT2D eigenvalue weighted by atomic mass is 35.5. The number of anilines is 1. The summed E-state index contributed by atoms with van der Waals surface area (Å²) in [6.45, 7) is 2.16. The van der Waals surface area contributed by atoms with Crippen LogP contribution in [0.25, 0.3) is 0 Å². The van der Waals surface area contributed by atoms with Gasteiger partial charge in [0.15, 0.2) is 0 Å². The van der Waals surface area contributed by atoms with Crippen molar-refractivity contribution in [2.45, 2.75) is 6.92 Å². The molecule has 0 fully saturated rings. The molecule has 7 heteroatoms. The number of benzene rings is 1. The average molecular weight is 357 g/mol. The van der Waals surface area contributed by atoms with E-state index in [1.807, 2.05) is 11.4 Å². The van der Waals surface area contributed by atoms with Gasteiger partial charge in [-0.15, -0.1) is 11.3 Å². The van der Waals surface area contributed by atoms with E-state index in [-0.39, 0.29) is 11.8 Å². The van der Waals surface area contributed by atoms with Crippen LogP contribution in [0.5, 0.6) is 0 Å². The molecule has 0 aliphatic carbocycles. The van der Waals surface area contributed by atoms with E-state index in [4.69, 9.17) is 23.2 Å². The topological polar surface area (TPSA) is 49.4 Å². The molecule has 1 aromatic heterocycles. The molecule has 4 nitrogen and oxygen atoms in total. The van der Waals surface area contributed by atoms with Crippen molar-refractivity contribution < 1.29 is 9.59 Å². The summed E-state index contributed by atoms with van der Waals surface area (Å²) in [5.74, 6) is -0.281. The Morgan fingerprint density at radius 2 is 2.00 bits per heavy atom. The van der Waals surface area contributed by atoms with Crippen molar-refractivity contribution in [2.24, 2.45) is 0 Å². The van der Waals surface area contributed by atoms with Crippen molar-refractivity contribution in [1.29, 1.82) is 0 Å². The molecule has 116 valence electrons. The quantitative estimate of drug-likeness (QED) is 0.884. The number of hydrogen-bond acceptors (Lipinski definition) is 3. The second kappa shape index (κ2) is 7.63. The summed E-state index contributed by atoms with van der Waals surface area (Å²) in [4.78, 5) is 25.8. The van der Waals surface area contributed by atoms with Crippen molar-refractivity contribution in [3.8, 4) is 0 Å². The van der Waals surface area contributed by atoms with Crippen molar-refractivity contribution in [2.75, 3.05) is 18.0 Å². The fraction of sp³-hybridized carbons (Fsp3) is 0.200. The van der Waals surface area contributed by atoms with E-state index < -0.39 is 0 Å². The first kappa shape index (κ1) is 16.8. The number of amides is 2. The van der Waals surface area contributed by atoms with Crippen LogP contribution in [0.2, 0.25) is 10.0 Å². The Labute approximate surface area is 142 Å². The molecule has 0 saturated carbocycles. The maximum absolute atomic E-state index is 11.8. The Morgan fingerprint density at radius 3 is 2.59 bits per heavy atom. The van der Waals surface area contributed by atoms with E-state index in [2.05, 4.69) is 5.32 Å². The minimum Gasteiger partial charge on any atom is -0.350 e. The first-order valence-corrected chi connectivity index (χ1v) is 8.17. The lowest BCUT2D eigenvalue weighted by atomic mass is 10.2. The van der Waals surface area contributed by atoms with Crippen molar-refractivity contribution in [3.05, 3.63) is 50.6 Å². The number of hydrogen-bond donors (Lipinski definition) is 1. The van der Waals surface area contributed by atoms with Crippen LogP contribution in [-0.4, -0.2) is 24.9 Å². The minimum atomic E-state index is -0.146. The maximum atomic E-state index is 11.8. The number of rotatable bonds is 5. The van der Waals surface area contributed by atoms with E-state index in [1.54, 1.807) is 24.3 Å². The van der Waals surface area contributed by atoms with Gasteiger partial charge in [-0.2, -0.15) is 0 Å². The minimum absolute atomic E-state index is 0.135. The summed E-state index contributed by atoms with van der Waals surface area (Å²) in [7, 11) is 0. The highest BCUT2D eigenvalue weighted by molar-refractivity contribution is 7.12. The molecule has 0 unspecified atom stereocenters. The zero-order chi connectivity index (χ0) is 16.1. The smallest absolute Gasteiger partial charge is 0.261 e. The van der Waals surface area contributed by atoms with Gasteiger partial charge in [0.25, 0.3) is 5.91 Å². The second-order valence-corrected chi connectivity index (χ2v) is 6.26. The van der Waals surface area contributed by atoms with E-state index >= 15 is 0 Å². The Kier molecular flexibility index (Phi) is 5.83. The SMILES string of the molecule is CC(=O)N(CCNC(=O)c1cccs1)c1ccc(Cl)c(Cl)c1. The molecule has 0 bridgehead atoms. The molecule has 0 radical (unpaired) electrons. The van der Waals surface area contributed by atoms with Gasteiger partial charge >= 0.3 is 0 Å². The van der Waals surface area contributed by atoms with E-state index in [9.17, 15) is 9.59 Å². The molecular formula is C15H14Cl2N2O2S. The Bertz CT molecular complexity index is 674. The summed E-state index contributed by atoms with van der Waals surface area (Å²) in [5, 5.41) is 5.44. The molecule has 0 aliphatic rings.